The minimum atomic E-state index is -5.16. The van der Waals surface area contributed by atoms with E-state index in [1.165, 1.54) is 22.2 Å². The summed E-state index contributed by atoms with van der Waals surface area (Å²) in [4.78, 5) is 24.1. The number of halogens is 9. The Kier molecular flexibility index (Phi) is 11.1. The molecule has 0 bridgehead atoms. The van der Waals surface area contributed by atoms with E-state index < -0.39 is 65.5 Å². The Balaban J connectivity index is 1.60. The predicted octanol–water partition coefficient (Wildman–Crippen LogP) is 7.95. The summed E-state index contributed by atoms with van der Waals surface area (Å²) in [5.74, 6) is 0.360. The van der Waals surface area contributed by atoms with Crippen LogP contribution < -0.4 is 14.5 Å². The van der Waals surface area contributed by atoms with E-state index in [0.717, 1.165) is 18.2 Å². The molecule has 0 fully saturated rings. The predicted molar refractivity (Wildman–Crippen MR) is 165 cm³/mol. The fourth-order valence-corrected chi connectivity index (χ4v) is 5.86. The number of ether oxygens (including phenoxy) is 2. The van der Waals surface area contributed by atoms with E-state index in [2.05, 4.69) is 30.6 Å². The van der Waals surface area contributed by atoms with Crippen molar-refractivity contribution in [3.05, 3.63) is 82.4 Å². The molecule has 280 valence electrons. The van der Waals surface area contributed by atoms with Crippen LogP contribution in [-0.2, 0) is 36.2 Å². The van der Waals surface area contributed by atoms with E-state index in [-0.39, 0.29) is 55.1 Å². The third kappa shape index (κ3) is 8.82. The monoisotopic (exact) mass is 746 g/mol. The maximum Gasteiger partial charge on any atom is 0.416 e. The van der Waals surface area contributed by atoms with E-state index in [9.17, 15) is 44.3 Å². The van der Waals surface area contributed by atoms with Gasteiger partial charge in [0.1, 0.15) is 0 Å². The fraction of sp³-hybridized carbons (Fsp3) is 0.438. The topological polar surface area (TPSA) is 122 Å². The number of aryl methyl sites for hydroxylation is 1. The van der Waals surface area contributed by atoms with Crippen molar-refractivity contribution in [3.63, 3.8) is 0 Å². The Morgan fingerprint density at radius 2 is 1.58 bits per heavy atom. The van der Waals surface area contributed by atoms with Gasteiger partial charge in [0.15, 0.2) is 11.6 Å². The van der Waals surface area contributed by atoms with Gasteiger partial charge in [-0.25, -0.2) is 14.8 Å². The van der Waals surface area contributed by atoms with E-state index in [4.69, 9.17) is 9.47 Å². The number of aromatic nitrogens is 6. The molecule has 0 aliphatic carbocycles. The summed E-state index contributed by atoms with van der Waals surface area (Å²) in [7, 11) is 0. The highest BCUT2D eigenvalue weighted by Gasteiger charge is 2.42. The van der Waals surface area contributed by atoms with E-state index >= 15 is 0 Å². The molecule has 20 heteroatoms. The summed E-state index contributed by atoms with van der Waals surface area (Å²) in [5.41, 5.74) is -4.81. The summed E-state index contributed by atoms with van der Waals surface area (Å²) in [6, 6.07) is 1.78. The van der Waals surface area contributed by atoms with Crippen molar-refractivity contribution < 1.29 is 53.8 Å². The number of rotatable bonds is 11. The van der Waals surface area contributed by atoms with E-state index in [1.807, 2.05) is 0 Å². The van der Waals surface area contributed by atoms with Crippen molar-refractivity contribution in [2.45, 2.75) is 76.7 Å². The third-order valence-electron chi connectivity index (χ3n) is 8.22. The minimum Gasteiger partial charge on any atom is -0.490 e. The molecule has 2 aromatic heterocycles. The Morgan fingerprint density at radius 1 is 0.923 bits per heavy atom. The first-order chi connectivity index (χ1) is 24.5. The van der Waals surface area contributed by atoms with Crippen LogP contribution in [-0.4, -0.2) is 55.9 Å². The second kappa shape index (κ2) is 15.2. The van der Waals surface area contributed by atoms with Crippen molar-refractivity contribution in [2.75, 3.05) is 23.0 Å². The molecule has 4 aromatic rings. The molecule has 52 heavy (non-hydrogen) atoms. The van der Waals surface area contributed by atoms with Gasteiger partial charge in [-0.3, -0.25) is 4.90 Å². The van der Waals surface area contributed by atoms with Gasteiger partial charge in [-0.05, 0) is 73.7 Å². The molecule has 1 aliphatic rings. The number of alkyl halides is 9. The Labute approximate surface area is 290 Å². The average molecular weight is 747 g/mol. The van der Waals surface area contributed by atoms with Crippen LogP contribution in [0.25, 0.3) is 0 Å². The van der Waals surface area contributed by atoms with Crippen LogP contribution in [0.2, 0.25) is 0 Å². The molecule has 2 aromatic carbocycles. The number of hydrogen-bond acceptors (Lipinski definition) is 9. The first-order valence-corrected chi connectivity index (χ1v) is 15.9. The van der Waals surface area contributed by atoms with E-state index in [0.29, 0.717) is 30.8 Å². The minimum absolute atomic E-state index is 0.0149. The molecule has 1 N–H and O–H groups in total. The normalized spacial score (nSPS) is 16.4. The fourth-order valence-electron chi connectivity index (χ4n) is 5.86. The number of carbonyl (C=O) groups is 1. The van der Waals surface area contributed by atoms with Crippen LogP contribution in [0.3, 0.4) is 0 Å². The number of fused-ring (bicyclic) bond motifs is 1. The highest BCUT2D eigenvalue weighted by molar-refractivity contribution is 5.90. The van der Waals surface area contributed by atoms with Gasteiger partial charge in [-0.2, -0.15) is 44.7 Å². The molecule has 2 atom stereocenters. The second-order valence-corrected chi connectivity index (χ2v) is 11.7. The summed E-state index contributed by atoms with van der Waals surface area (Å²) < 4.78 is 136. The molecular formula is C32H31F9N8O3. The molecule has 1 aliphatic heterocycles. The number of nitrogens with one attached hydrogen (secondary N) is 1. The number of nitrogens with zero attached hydrogens (tertiary/aromatic N) is 7. The molecule has 11 nitrogen and oxygen atoms in total. The Morgan fingerprint density at radius 3 is 2.13 bits per heavy atom. The smallest absolute Gasteiger partial charge is 0.416 e. The van der Waals surface area contributed by atoms with Gasteiger partial charge in [0.2, 0.25) is 5.95 Å². The van der Waals surface area contributed by atoms with Gasteiger partial charge in [-0.1, -0.05) is 12.1 Å². The lowest BCUT2D eigenvalue weighted by Crippen LogP contribution is -2.48. The molecule has 3 heterocycles. The summed E-state index contributed by atoms with van der Waals surface area (Å²) in [6.07, 6.45) is -12.6. The van der Waals surface area contributed by atoms with Crippen LogP contribution in [0.15, 0.2) is 48.8 Å². The average Bonchev–Trinajstić information content (AvgIpc) is 3.61. The van der Waals surface area contributed by atoms with Gasteiger partial charge in [0, 0.05) is 19.0 Å². The van der Waals surface area contributed by atoms with Crippen molar-refractivity contribution in [2.24, 2.45) is 0 Å². The molecule has 0 unspecified atom stereocenters. The van der Waals surface area contributed by atoms with Gasteiger partial charge < -0.3 is 14.4 Å². The van der Waals surface area contributed by atoms with Gasteiger partial charge in [0.05, 0.1) is 54.0 Å². The molecule has 0 radical (unpaired) electrons. The number of tetrazole rings is 1. The number of anilines is 2. The van der Waals surface area contributed by atoms with Crippen molar-refractivity contribution in [3.8, 4) is 5.75 Å². The molecule has 0 saturated carbocycles. The highest BCUT2D eigenvalue weighted by Crippen LogP contribution is 2.46. The van der Waals surface area contributed by atoms with Crippen LogP contribution in [0.1, 0.15) is 72.8 Å². The summed E-state index contributed by atoms with van der Waals surface area (Å²) in [6.45, 7) is 2.66. The first-order valence-electron chi connectivity index (χ1n) is 15.9. The quantitative estimate of drug-likeness (QED) is 0.120. The standard InChI is InChI=1S/C32H31F9N8O3/c1-3-22-14-26(24-13-19(30(33,34)35)7-8-25(24)49(22)29(50)51-4-2)48(17-18-10-20(31(36,37)38)12-21(11-18)32(39,40)41)28-42-15-23(16-43-28)52-9-5-6-27-44-46-47-45-27/h7-8,10-13,15-16,22,26H,3-6,9,14,17H2,1-2H3,(H,44,45,46,47)/t22-,26+/m1/s1. The maximum absolute atomic E-state index is 14.1. The molecule has 0 spiro atoms. The van der Waals surface area contributed by atoms with Crippen LogP contribution in [0.4, 0.5) is 55.9 Å². The van der Waals surface area contributed by atoms with Crippen LogP contribution in [0, 0.1) is 0 Å². The van der Waals surface area contributed by atoms with Crippen LogP contribution in [0.5, 0.6) is 5.75 Å². The molecular weight excluding hydrogens is 715 g/mol. The third-order valence-corrected chi connectivity index (χ3v) is 8.22. The number of H-pyrrole nitrogens is 1. The highest BCUT2D eigenvalue weighted by atomic mass is 19.4. The number of aromatic amines is 1. The van der Waals surface area contributed by atoms with E-state index in [1.54, 1.807) is 13.8 Å². The summed E-state index contributed by atoms with van der Waals surface area (Å²) >= 11 is 0. The van der Waals surface area contributed by atoms with Gasteiger partial charge >= 0.3 is 24.6 Å². The van der Waals surface area contributed by atoms with Gasteiger partial charge in [0.25, 0.3) is 0 Å². The SMILES string of the molecule is CCOC(=O)N1c2ccc(C(F)(F)F)cc2[C@@H](N(Cc2cc(C(F)(F)F)cc(C(F)(F)F)c2)c2ncc(OCCCc3nn[nH]n3)cn2)C[C@H]1CC. The lowest BCUT2D eigenvalue weighted by atomic mass is 9.87. The zero-order chi connectivity index (χ0) is 37.8. The lowest BCUT2D eigenvalue weighted by Gasteiger charge is -2.44. The van der Waals surface area contributed by atoms with Gasteiger partial charge in [-0.15, -0.1) is 10.2 Å². The zero-order valence-corrected chi connectivity index (χ0v) is 27.5. The van der Waals surface area contributed by atoms with Crippen molar-refractivity contribution in [1.82, 2.24) is 30.6 Å². The van der Waals surface area contributed by atoms with Crippen molar-refractivity contribution >= 4 is 17.7 Å². The molecule has 0 saturated heterocycles. The molecule has 1 amide bonds. The Bertz CT molecular complexity index is 1790. The number of hydrogen-bond donors (Lipinski definition) is 1. The maximum atomic E-state index is 14.1. The number of amides is 1. The largest absolute Gasteiger partial charge is 0.490 e. The number of carbonyl (C=O) groups excluding carboxylic acids is 1. The first kappa shape index (κ1) is 38.1. The number of benzene rings is 2. The summed E-state index contributed by atoms with van der Waals surface area (Å²) in [5, 5.41) is 13.4. The zero-order valence-electron chi connectivity index (χ0n) is 27.5. The molecule has 5 rings (SSSR count). The van der Waals surface area contributed by atoms with Crippen LogP contribution >= 0.6 is 0 Å². The Hall–Kier alpha value is -5.17. The van der Waals surface area contributed by atoms with Crippen molar-refractivity contribution in [1.29, 1.82) is 0 Å². The second-order valence-electron chi connectivity index (χ2n) is 11.7. The lowest BCUT2D eigenvalue weighted by molar-refractivity contribution is -0.143.